The quantitative estimate of drug-likeness (QED) is 0.798. The van der Waals surface area contributed by atoms with Crippen LogP contribution in [-0.4, -0.2) is 30.6 Å². The number of piperidine rings is 1. The first-order chi connectivity index (χ1) is 8.29. The Morgan fingerprint density at radius 2 is 1.94 bits per heavy atom. The monoisotopic (exact) mass is 238 g/mol. The highest BCUT2D eigenvalue weighted by Gasteiger charge is 2.31. The van der Waals surface area contributed by atoms with E-state index in [-0.39, 0.29) is 0 Å². The Balaban J connectivity index is 1.71. The average molecular weight is 238 g/mol. The van der Waals surface area contributed by atoms with Crippen molar-refractivity contribution in [3.05, 3.63) is 0 Å². The van der Waals surface area contributed by atoms with Gasteiger partial charge in [0.2, 0.25) is 0 Å². The summed E-state index contributed by atoms with van der Waals surface area (Å²) in [6.45, 7) is 6.04. The summed E-state index contributed by atoms with van der Waals surface area (Å²) in [5, 5.41) is 0. The van der Waals surface area contributed by atoms with Crippen molar-refractivity contribution in [2.45, 2.75) is 64.3 Å². The third-order valence-corrected chi connectivity index (χ3v) is 4.80. The van der Waals surface area contributed by atoms with Gasteiger partial charge >= 0.3 is 0 Å². The Kier molecular flexibility index (Phi) is 5.30. The number of likely N-dealkylation sites (tertiary alicyclic amines) is 1. The normalized spacial score (nSPS) is 32.1. The van der Waals surface area contributed by atoms with Crippen LogP contribution in [0.5, 0.6) is 0 Å². The summed E-state index contributed by atoms with van der Waals surface area (Å²) in [4.78, 5) is 2.65. The van der Waals surface area contributed by atoms with Crippen LogP contribution in [0.1, 0.15) is 58.3 Å². The molecule has 1 saturated carbocycles. The van der Waals surface area contributed by atoms with Gasteiger partial charge in [-0.05, 0) is 37.6 Å². The summed E-state index contributed by atoms with van der Waals surface area (Å²) >= 11 is 0. The maximum absolute atomic E-state index is 6.22. The lowest BCUT2D eigenvalue weighted by Crippen LogP contribution is -2.46. The van der Waals surface area contributed by atoms with E-state index < -0.39 is 0 Å². The van der Waals surface area contributed by atoms with Gasteiger partial charge in [0.15, 0.2) is 0 Å². The highest BCUT2D eigenvalue weighted by atomic mass is 15.1. The van der Waals surface area contributed by atoms with Crippen molar-refractivity contribution in [2.24, 2.45) is 17.6 Å². The summed E-state index contributed by atoms with van der Waals surface area (Å²) in [5.74, 6) is 2.04. The van der Waals surface area contributed by atoms with Crippen LogP contribution in [0.25, 0.3) is 0 Å². The maximum Gasteiger partial charge on any atom is 0.0167 e. The van der Waals surface area contributed by atoms with E-state index in [0.29, 0.717) is 6.04 Å². The molecule has 2 nitrogen and oxygen atoms in total. The predicted molar refractivity (Wildman–Crippen MR) is 74.0 cm³/mol. The zero-order chi connectivity index (χ0) is 12.1. The Morgan fingerprint density at radius 3 is 2.71 bits per heavy atom. The molecule has 2 heteroatoms. The molecular formula is C15H30N2. The van der Waals surface area contributed by atoms with E-state index in [1.54, 1.807) is 0 Å². The standard InChI is InChI=1S/C15H30N2/c1-2-3-8-15(16)12-17-10-9-13-6-4-5-7-14(13)11-17/h13-15H,2-12,16H2,1H3. The van der Waals surface area contributed by atoms with E-state index in [9.17, 15) is 0 Å². The SMILES string of the molecule is CCCCC(N)CN1CCC2CCCCC2C1. The van der Waals surface area contributed by atoms with Crippen LogP contribution < -0.4 is 5.73 Å². The number of nitrogens with two attached hydrogens (primary N) is 1. The molecule has 2 rings (SSSR count). The molecule has 100 valence electrons. The first kappa shape index (κ1) is 13.4. The van der Waals surface area contributed by atoms with Crippen LogP contribution in [0.15, 0.2) is 0 Å². The Labute approximate surface area is 107 Å². The molecular weight excluding hydrogens is 208 g/mol. The third kappa shape index (κ3) is 3.96. The molecule has 0 radical (unpaired) electrons. The van der Waals surface area contributed by atoms with Crippen molar-refractivity contribution in [3.63, 3.8) is 0 Å². The smallest absolute Gasteiger partial charge is 0.0167 e. The Morgan fingerprint density at radius 1 is 1.18 bits per heavy atom. The lowest BCUT2D eigenvalue weighted by molar-refractivity contribution is 0.0820. The topological polar surface area (TPSA) is 29.3 Å². The van der Waals surface area contributed by atoms with Crippen molar-refractivity contribution in [1.29, 1.82) is 0 Å². The fourth-order valence-corrected chi connectivity index (χ4v) is 3.73. The largest absolute Gasteiger partial charge is 0.327 e. The van der Waals surface area contributed by atoms with E-state index in [1.165, 1.54) is 64.5 Å². The highest BCUT2D eigenvalue weighted by Crippen LogP contribution is 2.35. The number of rotatable bonds is 5. The zero-order valence-corrected chi connectivity index (χ0v) is 11.5. The van der Waals surface area contributed by atoms with Crippen LogP contribution in [0.3, 0.4) is 0 Å². The summed E-state index contributed by atoms with van der Waals surface area (Å²) in [5.41, 5.74) is 6.22. The summed E-state index contributed by atoms with van der Waals surface area (Å²) in [7, 11) is 0. The molecule has 17 heavy (non-hydrogen) atoms. The van der Waals surface area contributed by atoms with Crippen LogP contribution in [0.2, 0.25) is 0 Å². The van der Waals surface area contributed by atoms with Gasteiger partial charge in [-0.3, -0.25) is 0 Å². The lowest BCUT2D eigenvalue weighted by Gasteiger charge is -2.42. The second-order valence-electron chi connectivity index (χ2n) is 6.26. The van der Waals surface area contributed by atoms with E-state index >= 15 is 0 Å². The number of unbranched alkanes of at least 4 members (excludes halogenated alkanes) is 1. The van der Waals surface area contributed by atoms with Gasteiger partial charge in [0.1, 0.15) is 0 Å². The minimum atomic E-state index is 0.412. The molecule has 1 saturated heterocycles. The summed E-state index contributed by atoms with van der Waals surface area (Å²) in [6.07, 6.45) is 11.1. The predicted octanol–water partition coefficient (Wildman–Crippen LogP) is 3.02. The van der Waals surface area contributed by atoms with Crippen molar-refractivity contribution in [3.8, 4) is 0 Å². The first-order valence-electron chi connectivity index (χ1n) is 7.77. The highest BCUT2D eigenvalue weighted by molar-refractivity contribution is 4.84. The number of hydrogen-bond acceptors (Lipinski definition) is 2. The van der Waals surface area contributed by atoms with Gasteiger partial charge in [0.25, 0.3) is 0 Å². The van der Waals surface area contributed by atoms with Gasteiger partial charge < -0.3 is 10.6 Å². The minimum absolute atomic E-state index is 0.412. The van der Waals surface area contributed by atoms with Crippen molar-refractivity contribution in [1.82, 2.24) is 4.90 Å². The molecule has 2 N–H and O–H groups in total. The fourth-order valence-electron chi connectivity index (χ4n) is 3.73. The molecule has 0 amide bonds. The molecule has 0 bridgehead atoms. The van der Waals surface area contributed by atoms with Crippen molar-refractivity contribution >= 4 is 0 Å². The molecule has 1 aliphatic heterocycles. The molecule has 0 aromatic carbocycles. The van der Waals surface area contributed by atoms with Gasteiger partial charge in [-0.25, -0.2) is 0 Å². The van der Waals surface area contributed by atoms with Crippen molar-refractivity contribution in [2.75, 3.05) is 19.6 Å². The van der Waals surface area contributed by atoms with E-state index in [2.05, 4.69) is 11.8 Å². The molecule has 0 aromatic rings. The van der Waals surface area contributed by atoms with Gasteiger partial charge in [0.05, 0.1) is 0 Å². The molecule has 0 aromatic heterocycles. The molecule has 0 spiro atoms. The lowest BCUT2D eigenvalue weighted by atomic mass is 9.75. The van der Waals surface area contributed by atoms with Crippen molar-refractivity contribution < 1.29 is 0 Å². The van der Waals surface area contributed by atoms with Crippen LogP contribution in [-0.2, 0) is 0 Å². The fraction of sp³-hybridized carbons (Fsp3) is 1.00. The Hall–Kier alpha value is -0.0800. The van der Waals surface area contributed by atoms with Crippen LogP contribution in [0.4, 0.5) is 0 Å². The van der Waals surface area contributed by atoms with Crippen LogP contribution >= 0.6 is 0 Å². The molecule has 1 heterocycles. The Bertz CT molecular complexity index is 217. The minimum Gasteiger partial charge on any atom is -0.327 e. The second kappa shape index (κ2) is 6.75. The molecule has 2 fully saturated rings. The second-order valence-corrected chi connectivity index (χ2v) is 6.26. The number of fused-ring (bicyclic) bond motifs is 1. The average Bonchev–Trinajstić information content (AvgIpc) is 2.36. The first-order valence-corrected chi connectivity index (χ1v) is 7.77. The number of nitrogens with zero attached hydrogens (tertiary/aromatic N) is 1. The third-order valence-electron chi connectivity index (χ3n) is 4.80. The molecule has 3 atom stereocenters. The van der Waals surface area contributed by atoms with Gasteiger partial charge in [0, 0.05) is 19.1 Å². The molecule has 3 unspecified atom stereocenters. The molecule has 1 aliphatic carbocycles. The maximum atomic E-state index is 6.22. The summed E-state index contributed by atoms with van der Waals surface area (Å²) < 4.78 is 0. The summed E-state index contributed by atoms with van der Waals surface area (Å²) in [6, 6.07) is 0.412. The number of hydrogen-bond donors (Lipinski definition) is 1. The molecule has 2 aliphatic rings. The zero-order valence-electron chi connectivity index (χ0n) is 11.5. The van der Waals surface area contributed by atoms with Gasteiger partial charge in [-0.2, -0.15) is 0 Å². The van der Waals surface area contributed by atoms with E-state index in [4.69, 9.17) is 5.73 Å². The van der Waals surface area contributed by atoms with Gasteiger partial charge in [-0.1, -0.05) is 39.0 Å². The van der Waals surface area contributed by atoms with E-state index in [0.717, 1.165) is 18.4 Å². The van der Waals surface area contributed by atoms with E-state index in [1.807, 2.05) is 0 Å². The van der Waals surface area contributed by atoms with Gasteiger partial charge in [-0.15, -0.1) is 0 Å². The van der Waals surface area contributed by atoms with Crippen LogP contribution in [0, 0.1) is 11.8 Å².